The molecule has 0 aliphatic heterocycles. The van der Waals surface area contributed by atoms with Crippen LogP contribution in [-0.4, -0.2) is 29.7 Å². The zero-order valence-corrected chi connectivity index (χ0v) is 14.3. The summed E-state index contributed by atoms with van der Waals surface area (Å²) in [5.41, 5.74) is 6.80. The number of hydrogen-bond acceptors (Lipinski definition) is 5. The zero-order chi connectivity index (χ0) is 18.7. The second-order valence-corrected chi connectivity index (χ2v) is 5.40. The minimum Gasteiger partial charge on any atom is -0.496 e. The van der Waals surface area contributed by atoms with Crippen molar-refractivity contribution in [1.29, 1.82) is 0 Å². The number of carbonyl (C=O) groups is 1. The lowest BCUT2D eigenvalue weighted by Gasteiger charge is -2.18. The zero-order valence-electron chi connectivity index (χ0n) is 14.3. The predicted molar refractivity (Wildman–Crippen MR) is 96.9 cm³/mol. The summed E-state index contributed by atoms with van der Waals surface area (Å²) in [5, 5.41) is 0. The van der Waals surface area contributed by atoms with Crippen molar-refractivity contribution in [3.8, 4) is 28.6 Å². The Morgan fingerprint density at radius 3 is 2.35 bits per heavy atom. The molecule has 0 spiro atoms. The molecule has 0 saturated heterocycles. The number of nitrogens with two attached hydrogens (primary N) is 1. The van der Waals surface area contributed by atoms with Crippen LogP contribution in [0.5, 0.6) is 11.6 Å². The fourth-order valence-corrected chi connectivity index (χ4v) is 2.74. The molecule has 2 heterocycles. The van der Waals surface area contributed by atoms with Crippen molar-refractivity contribution in [1.82, 2.24) is 9.55 Å². The van der Waals surface area contributed by atoms with Gasteiger partial charge in [-0.1, -0.05) is 30.3 Å². The maximum absolute atomic E-state index is 12.8. The van der Waals surface area contributed by atoms with Gasteiger partial charge in [0.1, 0.15) is 11.3 Å². The summed E-state index contributed by atoms with van der Waals surface area (Å²) >= 11 is 0. The Bertz CT molecular complexity index is 996. The van der Waals surface area contributed by atoms with E-state index in [4.69, 9.17) is 15.2 Å². The maximum atomic E-state index is 12.8. The molecular formula is C19H17N3O4. The van der Waals surface area contributed by atoms with Crippen LogP contribution >= 0.6 is 0 Å². The molecule has 7 nitrogen and oxygen atoms in total. The van der Waals surface area contributed by atoms with Crippen LogP contribution in [0.1, 0.15) is 10.4 Å². The molecule has 3 aromatic rings. The summed E-state index contributed by atoms with van der Waals surface area (Å²) in [6, 6.07) is 13.6. The molecule has 0 atom stereocenters. The summed E-state index contributed by atoms with van der Waals surface area (Å²) in [6.07, 6.45) is 1.49. The van der Waals surface area contributed by atoms with Crippen LogP contribution in [0.2, 0.25) is 0 Å². The SMILES string of the molecule is COc1ccc(-n2c(-c3ccccc3)c(C(N)=O)c(OC)cc2=O)cn1. The molecule has 7 heteroatoms. The van der Waals surface area contributed by atoms with E-state index in [1.807, 2.05) is 6.07 Å². The molecule has 0 unspecified atom stereocenters. The van der Waals surface area contributed by atoms with Gasteiger partial charge in [-0.2, -0.15) is 0 Å². The first-order chi connectivity index (χ1) is 12.6. The van der Waals surface area contributed by atoms with Crippen LogP contribution in [-0.2, 0) is 0 Å². The van der Waals surface area contributed by atoms with Crippen molar-refractivity contribution in [3.05, 3.63) is 70.6 Å². The van der Waals surface area contributed by atoms with Gasteiger partial charge in [0, 0.05) is 12.1 Å². The molecule has 132 valence electrons. The molecule has 0 fully saturated rings. The molecule has 0 saturated carbocycles. The van der Waals surface area contributed by atoms with Gasteiger partial charge in [0.15, 0.2) is 0 Å². The molecule has 0 radical (unpaired) electrons. The van der Waals surface area contributed by atoms with E-state index < -0.39 is 5.91 Å². The van der Waals surface area contributed by atoms with E-state index in [1.54, 1.807) is 36.4 Å². The van der Waals surface area contributed by atoms with E-state index in [0.717, 1.165) is 0 Å². The number of benzene rings is 1. The first-order valence-electron chi connectivity index (χ1n) is 7.76. The van der Waals surface area contributed by atoms with Gasteiger partial charge in [-0.25, -0.2) is 4.98 Å². The van der Waals surface area contributed by atoms with Gasteiger partial charge >= 0.3 is 0 Å². The minimum absolute atomic E-state index is 0.120. The van der Waals surface area contributed by atoms with Gasteiger partial charge in [-0.05, 0) is 11.6 Å². The standard InChI is InChI=1S/C19H17N3O4/c1-25-14-10-16(23)22(13-8-9-15(26-2)21-11-13)18(17(14)19(20)24)12-6-4-3-5-7-12/h3-11H,1-2H3,(H2,20,24). The lowest BCUT2D eigenvalue weighted by atomic mass is 10.0. The molecule has 2 N–H and O–H groups in total. The molecule has 1 aromatic carbocycles. The average molecular weight is 351 g/mol. The predicted octanol–water partition coefficient (Wildman–Crippen LogP) is 2.02. The van der Waals surface area contributed by atoms with Crippen molar-refractivity contribution in [2.24, 2.45) is 5.73 Å². The van der Waals surface area contributed by atoms with E-state index in [0.29, 0.717) is 22.8 Å². The Hall–Kier alpha value is -3.61. The molecule has 0 aliphatic rings. The Balaban J connectivity index is 2.41. The van der Waals surface area contributed by atoms with E-state index in [2.05, 4.69) is 4.98 Å². The van der Waals surface area contributed by atoms with Crippen molar-refractivity contribution < 1.29 is 14.3 Å². The van der Waals surface area contributed by atoms with Gasteiger partial charge in [-0.15, -0.1) is 0 Å². The van der Waals surface area contributed by atoms with Crippen LogP contribution in [0.25, 0.3) is 16.9 Å². The second-order valence-electron chi connectivity index (χ2n) is 5.40. The van der Waals surface area contributed by atoms with Crippen LogP contribution in [0.4, 0.5) is 0 Å². The third kappa shape index (κ3) is 3.02. The number of nitrogens with zero attached hydrogens (tertiary/aromatic N) is 2. The van der Waals surface area contributed by atoms with Crippen LogP contribution < -0.4 is 20.8 Å². The van der Waals surface area contributed by atoms with Crippen molar-refractivity contribution in [2.75, 3.05) is 14.2 Å². The maximum Gasteiger partial charge on any atom is 0.259 e. The number of rotatable bonds is 5. The van der Waals surface area contributed by atoms with Gasteiger partial charge in [-0.3, -0.25) is 14.2 Å². The summed E-state index contributed by atoms with van der Waals surface area (Å²) in [4.78, 5) is 29.1. The molecule has 3 rings (SSSR count). The van der Waals surface area contributed by atoms with Gasteiger partial charge in [0.2, 0.25) is 5.88 Å². The number of aromatic nitrogens is 2. The fraction of sp³-hybridized carbons (Fsp3) is 0.105. The smallest absolute Gasteiger partial charge is 0.259 e. The highest BCUT2D eigenvalue weighted by atomic mass is 16.5. The van der Waals surface area contributed by atoms with E-state index in [9.17, 15) is 9.59 Å². The third-order valence-electron chi connectivity index (χ3n) is 3.88. The molecular weight excluding hydrogens is 334 g/mol. The molecule has 1 amide bonds. The molecule has 26 heavy (non-hydrogen) atoms. The highest BCUT2D eigenvalue weighted by Crippen LogP contribution is 2.30. The monoisotopic (exact) mass is 351 g/mol. The number of amides is 1. The summed E-state index contributed by atoms with van der Waals surface area (Å²) in [6.45, 7) is 0. The normalized spacial score (nSPS) is 10.4. The first kappa shape index (κ1) is 17.2. The number of hydrogen-bond donors (Lipinski definition) is 1. The number of ether oxygens (including phenoxy) is 2. The Morgan fingerprint density at radius 1 is 1.08 bits per heavy atom. The largest absolute Gasteiger partial charge is 0.496 e. The number of primary amides is 1. The second kappa shape index (κ2) is 7.10. The highest BCUT2D eigenvalue weighted by molar-refractivity contribution is 6.02. The van der Waals surface area contributed by atoms with E-state index in [1.165, 1.54) is 31.0 Å². The Kier molecular flexibility index (Phi) is 4.70. The van der Waals surface area contributed by atoms with Crippen LogP contribution in [0.3, 0.4) is 0 Å². The number of carbonyl (C=O) groups excluding carboxylic acids is 1. The summed E-state index contributed by atoms with van der Waals surface area (Å²) in [7, 11) is 2.89. The Labute approximate surface area is 149 Å². The topological polar surface area (TPSA) is 96.4 Å². The Morgan fingerprint density at radius 2 is 1.81 bits per heavy atom. The average Bonchev–Trinajstić information content (AvgIpc) is 2.67. The van der Waals surface area contributed by atoms with Crippen LogP contribution in [0.15, 0.2) is 59.5 Å². The fourth-order valence-electron chi connectivity index (χ4n) is 2.74. The number of pyridine rings is 2. The van der Waals surface area contributed by atoms with Gasteiger partial charge < -0.3 is 15.2 Å². The minimum atomic E-state index is -0.698. The summed E-state index contributed by atoms with van der Waals surface area (Å²) < 4.78 is 11.7. The van der Waals surface area contributed by atoms with E-state index in [-0.39, 0.29) is 16.9 Å². The lowest BCUT2D eigenvalue weighted by molar-refractivity contribution is 0.0997. The quantitative estimate of drug-likeness (QED) is 0.758. The van der Waals surface area contributed by atoms with Gasteiger partial charge in [0.25, 0.3) is 11.5 Å². The van der Waals surface area contributed by atoms with Crippen molar-refractivity contribution in [2.45, 2.75) is 0 Å². The van der Waals surface area contributed by atoms with Gasteiger partial charge in [0.05, 0.1) is 31.8 Å². The molecule has 2 aromatic heterocycles. The molecule has 0 aliphatic carbocycles. The van der Waals surface area contributed by atoms with Crippen molar-refractivity contribution in [3.63, 3.8) is 0 Å². The highest BCUT2D eigenvalue weighted by Gasteiger charge is 2.23. The van der Waals surface area contributed by atoms with Crippen molar-refractivity contribution >= 4 is 5.91 Å². The van der Waals surface area contributed by atoms with E-state index >= 15 is 0 Å². The third-order valence-corrected chi connectivity index (χ3v) is 3.88. The molecule has 0 bridgehead atoms. The van der Waals surface area contributed by atoms with Crippen LogP contribution in [0, 0.1) is 0 Å². The number of methoxy groups -OCH3 is 2. The first-order valence-corrected chi connectivity index (χ1v) is 7.76. The lowest BCUT2D eigenvalue weighted by Crippen LogP contribution is -2.25. The summed E-state index contributed by atoms with van der Waals surface area (Å²) in [5.74, 6) is -0.165.